The number of methoxy groups -OCH3 is 2. The van der Waals surface area contributed by atoms with Crippen molar-refractivity contribution >= 4 is 35.1 Å². The Balaban J connectivity index is 2.03. The van der Waals surface area contributed by atoms with Crippen LogP contribution in [0, 0.1) is 16.2 Å². The average molecular weight is 401 g/mol. The molecule has 0 aromatic heterocycles. The molecule has 3 rings (SSSR count). The fraction of sp³-hybridized carbons (Fsp3) is 0.476. The lowest BCUT2D eigenvalue weighted by Gasteiger charge is -2.37. The van der Waals surface area contributed by atoms with Gasteiger partial charge in [0.15, 0.2) is 0 Å². The zero-order valence-electron chi connectivity index (χ0n) is 17.0. The quantitative estimate of drug-likeness (QED) is 0.467. The number of Topliss-reactive ketones (excluding diaryl/α,β-unsaturated/α-hetero) is 2. The Labute approximate surface area is 167 Å². The molecule has 2 fully saturated rings. The molecule has 0 aliphatic heterocycles. The van der Waals surface area contributed by atoms with E-state index in [0.29, 0.717) is 6.42 Å². The van der Waals surface area contributed by atoms with Gasteiger partial charge in [-0.3, -0.25) is 14.4 Å². The van der Waals surface area contributed by atoms with Gasteiger partial charge < -0.3 is 14.8 Å². The third kappa shape index (κ3) is 2.54. The lowest BCUT2D eigenvalue weighted by Crippen LogP contribution is -2.47. The molecular weight excluding hydrogens is 378 g/mol. The summed E-state index contributed by atoms with van der Waals surface area (Å²) >= 11 is 0. The van der Waals surface area contributed by atoms with Crippen LogP contribution in [0.15, 0.2) is 18.2 Å². The zero-order valence-corrected chi connectivity index (χ0v) is 17.0. The molecule has 0 spiro atoms. The number of ether oxygens (including phenoxy) is 2. The molecule has 2 bridgehead atoms. The van der Waals surface area contributed by atoms with Gasteiger partial charge >= 0.3 is 11.9 Å². The van der Waals surface area contributed by atoms with E-state index >= 15 is 0 Å². The highest BCUT2D eigenvalue weighted by molar-refractivity contribution is 6.49. The van der Waals surface area contributed by atoms with Crippen LogP contribution in [0.3, 0.4) is 0 Å². The number of esters is 2. The lowest BCUT2D eigenvalue weighted by molar-refractivity contribution is -0.147. The summed E-state index contributed by atoms with van der Waals surface area (Å²) in [5.41, 5.74) is -3.06. The molecular formula is C21H23NO7. The van der Waals surface area contributed by atoms with Gasteiger partial charge in [0.25, 0.3) is 0 Å². The van der Waals surface area contributed by atoms with Crippen molar-refractivity contribution in [2.75, 3.05) is 19.5 Å². The molecule has 2 aliphatic rings. The number of nitrogens with one attached hydrogen (secondary N) is 1. The molecule has 1 amide bonds. The molecule has 154 valence electrons. The van der Waals surface area contributed by atoms with Crippen molar-refractivity contribution in [3.63, 3.8) is 0 Å². The van der Waals surface area contributed by atoms with Crippen molar-refractivity contribution in [1.82, 2.24) is 0 Å². The Kier molecular flexibility index (Phi) is 4.64. The minimum absolute atomic E-state index is 0.0348. The maximum absolute atomic E-state index is 13.3. The van der Waals surface area contributed by atoms with E-state index in [1.54, 1.807) is 20.8 Å². The molecule has 1 N–H and O–H groups in total. The smallest absolute Gasteiger partial charge is 0.337 e. The van der Waals surface area contributed by atoms with Gasteiger partial charge in [-0.15, -0.1) is 0 Å². The van der Waals surface area contributed by atoms with E-state index in [1.165, 1.54) is 32.4 Å². The first kappa shape index (κ1) is 20.7. The highest BCUT2D eigenvalue weighted by atomic mass is 16.5. The third-order valence-corrected chi connectivity index (χ3v) is 6.96. The second kappa shape index (κ2) is 6.50. The normalized spacial score (nSPS) is 26.9. The molecule has 2 atom stereocenters. The van der Waals surface area contributed by atoms with Crippen LogP contribution in [0.4, 0.5) is 5.69 Å². The van der Waals surface area contributed by atoms with Crippen LogP contribution in [-0.2, 0) is 23.9 Å². The van der Waals surface area contributed by atoms with E-state index in [1.807, 2.05) is 0 Å². The van der Waals surface area contributed by atoms with Gasteiger partial charge in [0.1, 0.15) is 5.41 Å². The predicted octanol–water partition coefficient (Wildman–Crippen LogP) is 2.16. The topological polar surface area (TPSA) is 116 Å². The van der Waals surface area contributed by atoms with Crippen LogP contribution in [0.25, 0.3) is 0 Å². The van der Waals surface area contributed by atoms with Crippen LogP contribution in [-0.4, -0.2) is 43.6 Å². The number of amides is 1. The zero-order chi connectivity index (χ0) is 21.8. The van der Waals surface area contributed by atoms with Gasteiger partial charge in [-0.05, 0) is 36.5 Å². The highest BCUT2D eigenvalue weighted by Gasteiger charge is 2.77. The second-order valence-electron chi connectivity index (χ2n) is 8.26. The first-order valence-electron chi connectivity index (χ1n) is 9.18. The molecule has 2 saturated carbocycles. The molecule has 0 heterocycles. The fourth-order valence-electron chi connectivity index (χ4n) is 4.68. The number of carbonyl (C=O) groups is 5. The summed E-state index contributed by atoms with van der Waals surface area (Å²) in [7, 11) is 2.38. The van der Waals surface area contributed by atoms with E-state index in [-0.39, 0.29) is 23.2 Å². The standard InChI is InChI=1S/C21H23NO7/c1-19(2)20(3)6-7-21(19,15(24)14(20)23)18(27)22-13-9-11(16(25)28-4)8-12(10-13)17(26)29-5/h8-10H,6-7H2,1-5H3,(H,22,27)/t20-,21-/m0/s1. The number of fused-ring (bicyclic) bond motifs is 2. The van der Waals surface area contributed by atoms with Crippen molar-refractivity contribution in [3.8, 4) is 0 Å². The number of carbonyl (C=O) groups excluding carboxylic acids is 5. The number of benzene rings is 1. The maximum Gasteiger partial charge on any atom is 0.337 e. The van der Waals surface area contributed by atoms with Crippen molar-refractivity contribution in [3.05, 3.63) is 29.3 Å². The summed E-state index contributed by atoms with van der Waals surface area (Å²) in [5.74, 6) is -3.25. The van der Waals surface area contributed by atoms with Gasteiger partial charge in [0.2, 0.25) is 17.5 Å². The van der Waals surface area contributed by atoms with Crippen LogP contribution < -0.4 is 5.32 Å². The predicted molar refractivity (Wildman–Crippen MR) is 101 cm³/mol. The second-order valence-corrected chi connectivity index (χ2v) is 8.26. The van der Waals surface area contributed by atoms with Crippen LogP contribution in [0.1, 0.15) is 54.3 Å². The number of hydrogen-bond donors (Lipinski definition) is 1. The first-order valence-corrected chi connectivity index (χ1v) is 9.18. The molecule has 1 aromatic rings. The fourth-order valence-corrected chi connectivity index (χ4v) is 4.68. The molecule has 8 heteroatoms. The van der Waals surface area contributed by atoms with Gasteiger partial charge in [0.05, 0.1) is 25.3 Å². The SMILES string of the molecule is COC(=O)c1cc(NC(=O)[C@]23CC[C@@](C)(C(=O)C2=O)C3(C)C)cc(C(=O)OC)c1. The Bertz CT molecular complexity index is 930. The first-order chi connectivity index (χ1) is 13.5. The Hall–Kier alpha value is -3.03. The summed E-state index contributed by atoms with van der Waals surface area (Å²) in [6.07, 6.45) is 0.695. The molecule has 0 unspecified atom stereocenters. The van der Waals surface area contributed by atoms with E-state index in [2.05, 4.69) is 14.8 Å². The van der Waals surface area contributed by atoms with Crippen LogP contribution in [0.5, 0.6) is 0 Å². The monoisotopic (exact) mass is 401 g/mol. The summed E-state index contributed by atoms with van der Waals surface area (Å²) < 4.78 is 9.37. The van der Waals surface area contributed by atoms with E-state index < -0.39 is 45.7 Å². The Morgan fingerprint density at radius 3 is 1.79 bits per heavy atom. The van der Waals surface area contributed by atoms with Gasteiger partial charge in [-0.25, -0.2) is 9.59 Å². The van der Waals surface area contributed by atoms with E-state index in [9.17, 15) is 24.0 Å². The van der Waals surface area contributed by atoms with Gasteiger partial charge in [-0.1, -0.05) is 20.8 Å². The maximum atomic E-state index is 13.3. The van der Waals surface area contributed by atoms with Crippen molar-refractivity contribution in [1.29, 1.82) is 0 Å². The van der Waals surface area contributed by atoms with Crippen molar-refractivity contribution in [2.24, 2.45) is 16.2 Å². The molecule has 2 aliphatic carbocycles. The summed E-state index contributed by atoms with van der Waals surface area (Å²) in [5, 5.41) is 2.64. The third-order valence-electron chi connectivity index (χ3n) is 6.96. The van der Waals surface area contributed by atoms with E-state index in [4.69, 9.17) is 0 Å². The average Bonchev–Trinajstić information content (AvgIpc) is 2.97. The van der Waals surface area contributed by atoms with Crippen molar-refractivity contribution < 1.29 is 33.4 Å². The van der Waals surface area contributed by atoms with Crippen molar-refractivity contribution in [2.45, 2.75) is 33.6 Å². The van der Waals surface area contributed by atoms with Crippen LogP contribution in [0.2, 0.25) is 0 Å². The molecule has 1 aromatic carbocycles. The minimum atomic E-state index is -1.49. The Morgan fingerprint density at radius 2 is 1.38 bits per heavy atom. The van der Waals surface area contributed by atoms with Gasteiger partial charge in [-0.2, -0.15) is 0 Å². The molecule has 8 nitrogen and oxygen atoms in total. The molecule has 29 heavy (non-hydrogen) atoms. The molecule has 0 radical (unpaired) electrons. The van der Waals surface area contributed by atoms with Gasteiger partial charge in [0, 0.05) is 11.1 Å². The Morgan fingerprint density at radius 1 is 0.862 bits per heavy atom. The number of ketones is 2. The minimum Gasteiger partial charge on any atom is -0.465 e. The summed E-state index contributed by atoms with van der Waals surface area (Å²) in [6, 6.07) is 3.97. The number of rotatable bonds is 4. The summed E-state index contributed by atoms with van der Waals surface area (Å²) in [4.78, 5) is 62.6. The van der Waals surface area contributed by atoms with Crippen LogP contribution >= 0.6 is 0 Å². The largest absolute Gasteiger partial charge is 0.465 e. The number of hydrogen-bond acceptors (Lipinski definition) is 7. The van der Waals surface area contributed by atoms with E-state index in [0.717, 1.165) is 0 Å². The number of anilines is 1. The summed E-state index contributed by atoms with van der Waals surface area (Å²) in [6.45, 7) is 5.24. The lowest BCUT2D eigenvalue weighted by atomic mass is 9.64. The highest BCUT2D eigenvalue weighted by Crippen LogP contribution is 2.69. The molecule has 0 saturated heterocycles.